The Morgan fingerprint density at radius 1 is 1.19 bits per heavy atom. The molecule has 0 amide bonds. The zero-order valence-electron chi connectivity index (χ0n) is 13.0. The van der Waals surface area contributed by atoms with Crippen molar-refractivity contribution in [3.8, 4) is 0 Å². The van der Waals surface area contributed by atoms with E-state index in [4.69, 9.17) is 9.47 Å². The van der Waals surface area contributed by atoms with E-state index in [2.05, 4.69) is 20.6 Å². The van der Waals surface area contributed by atoms with Gasteiger partial charge in [-0.1, -0.05) is 6.07 Å². The van der Waals surface area contributed by atoms with Gasteiger partial charge in [0.25, 0.3) is 0 Å². The third-order valence-corrected chi connectivity index (χ3v) is 2.83. The number of hydrogen-bond donors (Lipinski definition) is 2. The van der Waals surface area contributed by atoms with Crippen LogP contribution in [-0.2, 0) is 16.0 Å². The normalized spacial score (nSPS) is 11.4. The molecule has 0 aliphatic heterocycles. The lowest BCUT2D eigenvalue weighted by Crippen LogP contribution is -2.37. The average molecular weight is 294 g/mol. The summed E-state index contributed by atoms with van der Waals surface area (Å²) in [5, 5.41) is 6.51. The fraction of sp³-hybridized carbons (Fsp3) is 0.600. The minimum Gasteiger partial charge on any atom is -0.382 e. The van der Waals surface area contributed by atoms with Crippen molar-refractivity contribution in [1.82, 2.24) is 15.6 Å². The molecule has 0 bridgehead atoms. The second-order valence-corrected chi connectivity index (χ2v) is 4.49. The van der Waals surface area contributed by atoms with E-state index in [1.165, 1.54) is 0 Å². The zero-order chi connectivity index (χ0) is 15.2. The summed E-state index contributed by atoms with van der Waals surface area (Å²) in [5.74, 6) is 0.793. The Bertz CT molecular complexity index is 385. The highest BCUT2D eigenvalue weighted by atomic mass is 16.5. The first-order chi connectivity index (χ1) is 10.4. The summed E-state index contributed by atoms with van der Waals surface area (Å²) in [6.45, 7) is 3.63. The predicted octanol–water partition coefficient (Wildman–Crippen LogP) is 1.19. The van der Waals surface area contributed by atoms with Crippen LogP contribution in [0.25, 0.3) is 0 Å². The lowest BCUT2D eigenvalue weighted by atomic mass is 10.3. The van der Waals surface area contributed by atoms with Crippen LogP contribution in [0.15, 0.2) is 29.4 Å². The highest BCUT2D eigenvalue weighted by molar-refractivity contribution is 5.79. The monoisotopic (exact) mass is 294 g/mol. The molecule has 0 saturated heterocycles. The molecule has 1 aromatic rings. The van der Waals surface area contributed by atoms with Gasteiger partial charge in [-0.3, -0.25) is 9.98 Å². The van der Waals surface area contributed by atoms with Gasteiger partial charge in [-0.2, -0.15) is 0 Å². The molecule has 2 N–H and O–H groups in total. The SMILES string of the molecule is CN=C(NCCCCOCCOC)NCc1ccccn1. The molecule has 1 rings (SSSR count). The summed E-state index contributed by atoms with van der Waals surface area (Å²) in [6, 6.07) is 5.87. The van der Waals surface area contributed by atoms with E-state index >= 15 is 0 Å². The molecule has 0 aliphatic rings. The summed E-state index contributed by atoms with van der Waals surface area (Å²) in [7, 11) is 3.44. The molecule has 0 aromatic carbocycles. The van der Waals surface area contributed by atoms with Crippen molar-refractivity contribution >= 4 is 5.96 Å². The van der Waals surface area contributed by atoms with Gasteiger partial charge in [-0.25, -0.2) is 0 Å². The minimum atomic E-state index is 0.655. The summed E-state index contributed by atoms with van der Waals surface area (Å²) in [5.41, 5.74) is 0.993. The van der Waals surface area contributed by atoms with Gasteiger partial charge in [0.05, 0.1) is 25.5 Å². The number of aliphatic imine (C=N–C) groups is 1. The lowest BCUT2D eigenvalue weighted by molar-refractivity contribution is 0.0689. The average Bonchev–Trinajstić information content (AvgIpc) is 2.54. The smallest absolute Gasteiger partial charge is 0.191 e. The van der Waals surface area contributed by atoms with Gasteiger partial charge < -0.3 is 20.1 Å². The summed E-state index contributed by atoms with van der Waals surface area (Å²) in [4.78, 5) is 8.44. The van der Waals surface area contributed by atoms with Crippen molar-refractivity contribution in [2.45, 2.75) is 19.4 Å². The fourth-order valence-electron chi connectivity index (χ4n) is 1.68. The largest absolute Gasteiger partial charge is 0.382 e. The van der Waals surface area contributed by atoms with Crippen LogP contribution in [-0.4, -0.2) is 51.5 Å². The predicted molar refractivity (Wildman–Crippen MR) is 84.4 cm³/mol. The molecule has 6 nitrogen and oxygen atoms in total. The number of nitrogens with one attached hydrogen (secondary N) is 2. The fourth-order valence-corrected chi connectivity index (χ4v) is 1.68. The molecular weight excluding hydrogens is 268 g/mol. The molecule has 0 saturated carbocycles. The molecule has 1 aromatic heterocycles. The van der Waals surface area contributed by atoms with E-state index in [-0.39, 0.29) is 0 Å². The molecule has 6 heteroatoms. The summed E-state index contributed by atoms with van der Waals surface area (Å²) in [6.07, 6.45) is 3.85. The van der Waals surface area contributed by atoms with E-state index in [1.54, 1.807) is 20.4 Å². The van der Waals surface area contributed by atoms with E-state index in [0.29, 0.717) is 19.8 Å². The molecule has 21 heavy (non-hydrogen) atoms. The molecule has 0 atom stereocenters. The van der Waals surface area contributed by atoms with Crippen molar-refractivity contribution < 1.29 is 9.47 Å². The summed E-state index contributed by atoms with van der Waals surface area (Å²) >= 11 is 0. The Balaban J connectivity index is 2.04. The van der Waals surface area contributed by atoms with Gasteiger partial charge in [-0.05, 0) is 25.0 Å². The van der Waals surface area contributed by atoms with Crippen LogP contribution in [0.3, 0.4) is 0 Å². The number of rotatable bonds is 10. The summed E-state index contributed by atoms with van der Waals surface area (Å²) < 4.78 is 10.3. The molecule has 0 aliphatic carbocycles. The number of unbranched alkanes of at least 4 members (excludes halogenated alkanes) is 1. The van der Waals surface area contributed by atoms with Gasteiger partial charge in [0.15, 0.2) is 5.96 Å². The maximum absolute atomic E-state index is 5.41. The second-order valence-electron chi connectivity index (χ2n) is 4.49. The number of hydrogen-bond acceptors (Lipinski definition) is 4. The highest BCUT2D eigenvalue weighted by Gasteiger charge is 1.98. The van der Waals surface area contributed by atoms with Crippen LogP contribution in [0.1, 0.15) is 18.5 Å². The molecular formula is C15H26N4O2. The van der Waals surface area contributed by atoms with E-state index in [1.807, 2.05) is 18.2 Å². The second kappa shape index (κ2) is 12.1. The Kier molecular flexibility index (Phi) is 10.0. The molecule has 0 fully saturated rings. The molecule has 0 spiro atoms. The van der Waals surface area contributed by atoms with Gasteiger partial charge in [-0.15, -0.1) is 0 Å². The van der Waals surface area contributed by atoms with E-state index in [0.717, 1.165) is 37.6 Å². The van der Waals surface area contributed by atoms with Crippen LogP contribution in [0.5, 0.6) is 0 Å². The quantitative estimate of drug-likeness (QED) is 0.385. The van der Waals surface area contributed by atoms with Crippen molar-refractivity contribution in [3.05, 3.63) is 30.1 Å². The number of aromatic nitrogens is 1. The van der Waals surface area contributed by atoms with Crippen LogP contribution in [0, 0.1) is 0 Å². The van der Waals surface area contributed by atoms with Gasteiger partial charge in [0.1, 0.15) is 0 Å². The zero-order valence-corrected chi connectivity index (χ0v) is 13.0. The van der Waals surface area contributed by atoms with E-state index in [9.17, 15) is 0 Å². The number of guanidine groups is 1. The third-order valence-electron chi connectivity index (χ3n) is 2.83. The van der Waals surface area contributed by atoms with E-state index < -0.39 is 0 Å². The molecule has 0 unspecified atom stereocenters. The van der Waals surface area contributed by atoms with Crippen LogP contribution in [0.4, 0.5) is 0 Å². The van der Waals surface area contributed by atoms with Crippen molar-refractivity contribution in [3.63, 3.8) is 0 Å². The molecule has 118 valence electrons. The van der Waals surface area contributed by atoms with Crippen LogP contribution < -0.4 is 10.6 Å². The van der Waals surface area contributed by atoms with Crippen molar-refractivity contribution in [2.24, 2.45) is 4.99 Å². The first-order valence-corrected chi connectivity index (χ1v) is 7.28. The Morgan fingerprint density at radius 3 is 2.81 bits per heavy atom. The Hall–Kier alpha value is -1.66. The molecule has 1 heterocycles. The number of ether oxygens (including phenoxy) is 2. The Labute approximate surface area is 127 Å². The third kappa shape index (κ3) is 8.99. The maximum Gasteiger partial charge on any atom is 0.191 e. The Morgan fingerprint density at radius 2 is 2.10 bits per heavy atom. The highest BCUT2D eigenvalue weighted by Crippen LogP contribution is 1.92. The number of pyridine rings is 1. The number of methoxy groups -OCH3 is 1. The van der Waals surface area contributed by atoms with Gasteiger partial charge in [0.2, 0.25) is 0 Å². The standard InChI is InChI=1S/C15H26N4O2/c1-16-15(19-13-14-7-3-4-8-17-14)18-9-5-6-10-21-12-11-20-2/h3-4,7-8H,5-6,9-13H2,1-2H3,(H2,16,18,19). The van der Waals surface area contributed by atoms with Crippen molar-refractivity contribution in [1.29, 1.82) is 0 Å². The minimum absolute atomic E-state index is 0.655. The van der Waals surface area contributed by atoms with Gasteiger partial charge >= 0.3 is 0 Å². The molecule has 0 radical (unpaired) electrons. The van der Waals surface area contributed by atoms with Crippen LogP contribution >= 0.6 is 0 Å². The van der Waals surface area contributed by atoms with Gasteiger partial charge in [0, 0.05) is 33.5 Å². The maximum atomic E-state index is 5.41. The topological polar surface area (TPSA) is 67.8 Å². The first kappa shape index (κ1) is 17.4. The number of nitrogens with zero attached hydrogens (tertiary/aromatic N) is 2. The first-order valence-electron chi connectivity index (χ1n) is 7.28. The van der Waals surface area contributed by atoms with Crippen molar-refractivity contribution in [2.75, 3.05) is 40.5 Å². The lowest BCUT2D eigenvalue weighted by Gasteiger charge is -2.11. The van der Waals surface area contributed by atoms with Crippen LogP contribution in [0.2, 0.25) is 0 Å².